The maximum absolute atomic E-state index is 12.5. The maximum atomic E-state index is 12.5. The third-order valence-electron chi connectivity index (χ3n) is 4.03. The number of fused-ring (bicyclic) bond motifs is 1. The van der Waals surface area contributed by atoms with E-state index in [4.69, 9.17) is 0 Å². The number of carbonyl (C=O) groups is 1. The van der Waals surface area contributed by atoms with Crippen LogP contribution in [0.25, 0.3) is 10.9 Å². The Hall–Kier alpha value is -2.43. The molecule has 0 atom stereocenters. The second-order valence-electron chi connectivity index (χ2n) is 5.23. The summed E-state index contributed by atoms with van der Waals surface area (Å²) in [6.45, 7) is 4.80. The molecular weight excluding hydrogens is 266 g/mol. The number of rotatable bonds is 2. The number of piperidine rings is 1. The van der Waals surface area contributed by atoms with Gasteiger partial charge < -0.3 is 4.90 Å². The molecule has 0 spiro atoms. The van der Waals surface area contributed by atoms with Crippen LogP contribution in [0.5, 0.6) is 0 Å². The monoisotopic (exact) mass is 283 g/mol. The summed E-state index contributed by atoms with van der Waals surface area (Å²) in [6, 6.07) is 7.47. The number of nitrogens with zero attached hydrogens (tertiary/aromatic N) is 3. The van der Waals surface area contributed by atoms with E-state index in [-0.39, 0.29) is 17.5 Å². The Labute approximate surface area is 122 Å². The number of hydrogen-bond donors (Lipinski definition) is 0. The molecule has 2 aromatic rings. The van der Waals surface area contributed by atoms with Gasteiger partial charge in [-0.15, -0.1) is 0 Å². The van der Waals surface area contributed by atoms with E-state index < -0.39 is 0 Å². The van der Waals surface area contributed by atoms with Gasteiger partial charge in [0, 0.05) is 19.1 Å². The van der Waals surface area contributed by atoms with Gasteiger partial charge in [0.05, 0.1) is 17.2 Å². The second kappa shape index (κ2) is 5.52. The van der Waals surface area contributed by atoms with Gasteiger partial charge in [0.1, 0.15) is 0 Å². The first-order chi connectivity index (χ1) is 10.2. The molecule has 1 aliphatic heterocycles. The predicted octanol–water partition coefficient (Wildman–Crippen LogP) is 1.75. The lowest BCUT2D eigenvalue weighted by Gasteiger charge is -2.32. The quantitative estimate of drug-likeness (QED) is 0.789. The average Bonchev–Trinajstić information content (AvgIpc) is 2.55. The Kier molecular flexibility index (Phi) is 3.56. The fourth-order valence-corrected chi connectivity index (χ4v) is 2.84. The zero-order valence-electron chi connectivity index (χ0n) is 11.7. The largest absolute Gasteiger partial charge is 0.339 e. The Bertz CT molecular complexity index is 743. The van der Waals surface area contributed by atoms with Crippen LogP contribution in [0.1, 0.15) is 18.9 Å². The van der Waals surface area contributed by atoms with Crippen LogP contribution in [0.4, 0.5) is 0 Å². The van der Waals surface area contributed by atoms with Crippen molar-refractivity contribution in [1.82, 2.24) is 14.5 Å². The molecule has 108 valence electrons. The van der Waals surface area contributed by atoms with E-state index in [0.29, 0.717) is 18.5 Å². The molecule has 0 unspecified atom stereocenters. The van der Waals surface area contributed by atoms with Gasteiger partial charge in [0.15, 0.2) is 0 Å². The Balaban J connectivity index is 1.86. The fraction of sp³-hybridized carbons (Fsp3) is 0.312. The SMILES string of the molecule is C=CC(=O)N1CCC(n2cnc3ccccc3c2=O)CC1. The van der Waals surface area contributed by atoms with Crippen LogP contribution in [0, 0.1) is 0 Å². The number of aromatic nitrogens is 2. The molecule has 1 aliphatic rings. The third kappa shape index (κ3) is 2.46. The van der Waals surface area contributed by atoms with Crippen molar-refractivity contribution in [2.45, 2.75) is 18.9 Å². The molecule has 1 aromatic carbocycles. The van der Waals surface area contributed by atoms with E-state index in [0.717, 1.165) is 18.4 Å². The number of amides is 1. The van der Waals surface area contributed by atoms with E-state index in [2.05, 4.69) is 11.6 Å². The Morgan fingerprint density at radius 3 is 2.71 bits per heavy atom. The summed E-state index contributed by atoms with van der Waals surface area (Å²) in [5.41, 5.74) is 0.715. The van der Waals surface area contributed by atoms with Crippen molar-refractivity contribution >= 4 is 16.8 Å². The fourth-order valence-electron chi connectivity index (χ4n) is 2.84. The first-order valence-electron chi connectivity index (χ1n) is 7.08. The Morgan fingerprint density at radius 1 is 1.29 bits per heavy atom. The molecule has 1 fully saturated rings. The van der Waals surface area contributed by atoms with Gasteiger partial charge in [-0.2, -0.15) is 0 Å². The van der Waals surface area contributed by atoms with E-state index in [1.54, 1.807) is 21.9 Å². The number of para-hydroxylation sites is 1. The standard InChI is InChI=1S/C16H17N3O2/c1-2-15(20)18-9-7-12(8-10-18)19-11-17-14-6-4-3-5-13(14)16(19)21/h2-6,11-12H,1,7-10H2. The van der Waals surface area contributed by atoms with Crippen LogP contribution < -0.4 is 5.56 Å². The van der Waals surface area contributed by atoms with Gasteiger partial charge in [-0.25, -0.2) is 4.98 Å². The van der Waals surface area contributed by atoms with Crippen molar-refractivity contribution in [3.05, 3.63) is 53.6 Å². The molecule has 1 amide bonds. The van der Waals surface area contributed by atoms with Crippen LogP contribution in [0.3, 0.4) is 0 Å². The molecule has 0 saturated carbocycles. The molecule has 1 aromatic heterocycles. The van der Waals surface area contributed by atoms with Crippen LogP contribution >= 0.6 is 0 Å². The van der Waals surface area contributed by atoms with E-state index >= 15 is 0 Å². The molecule has 0 N–H and O–H groups in total. The first-order valence-corrected chi connectivity index (χ1v) is 7.08. The highest BCUT2D eigenvalue weighted by molar-refractivity contribution is 5.87. The average molecular weight is 283 g/mol. The topological polar surface area (TPSA) is 55.2 Å². The summed E-state index contributed by atoms with van der Waals surface area (Å²) in [5.74, 6) is -0.0440. The lowest BCUT2D eigenvalue weighted by atomic mass is 10.0. The van der Waals surface area contributed by atoms with Gasteiger partial charge in [0.2, 0.25) is 5.91 Å². The molecule has 5 heteroatoms. The summed E-state index contributed by atoms with van der Waals surface area (Å²) in [5, 5.41) is 0.643. The van der Waals surface area contributed by atoms with Crippen molar-refractivity contribution in [3.8, 4) is 0 Å². The zero-order chi connectivity index (χ0) is 14.8. The lowest BCUT2D eigenvalue weighted by molar-refractivity contribution is -0.127. The van der Waals surface area contributed by atoms with Gasteiger partial charge in [-0.05, 0) is 31.1 Å². The molecule has 1 saturated heterocycles. The molecule has 0 bridgehead atoms. The summed E-state index contributed by atoms with van der Waals surface area (Å²) >= 11 is 0. The normalized spacial score (nSPS) is 16.1. The molecule has 3 rings (SSSR count). The number of likely N-dealkylation sites (tertiary alicyclic amines) is 1. The molecule has 0 radical (unpaired) electrons. The Morgan fingerprint density at radius 2 is 2.00 bits per heavy atom. The summed E-state index contributed by atoms with van der Waals surface area (Å²) in [6.07, 6.45) is 4.49. The van der Waals surface area contributed by atoms with Crippen molar-refractivity contribution < 1.29 is 4.79 Å². The van der Waals surface area contributed by atoms with Crippen LogP contribution in [-0.2, 0) is 4.79 Å². The van der Waals surface area contributed by atoms with Crippen molar-refractivity contribution in [3.63, 3.8) is 0 Å². The summed E-state index contributed by atoms with van der Waals surface area (Å²) in [4.78, 5) is 30.2. The minimum absolute atomic E-state index is 0.00547. The second-order valence-corrected chi connectivity index (χ2v) is 5.23. The minimum Gasteiger partial charge on any atom is -0.339 e. The zero-order valence-corrected chi connectivity index (χ0v) is 11.7. The first kappa shape index (κ1) is 13.5. The van der Waals surface area contributed by atoms with Crippen molar-refractivity contribution in [1.29, 1.82) is 0 Å². The van der Waals surface area contributed by atoms with Crippen LogP contribution in [-0.4, -0.2) is 33.4 Å². The van der Waals surface area contributed by atoms with Crippen LogP contribution in [0.15, 0.2) is 48.0 Å². The number of carbonyl (C=O) groups excluding carboxylic acids is 1. The summed E-state index contributed by atoms with van der Waals surface area (Å²) < 4.78 is 1.71. The molecule has 2 heterocycles. The third-order valence-corrected chi connectivity index (χ3v) is 4.03. The van der Waals surface area contributed by atoms with Crippen molar-refractivity contribution in [2.24, 2.45) is 0 Å². The highest BCUT2D eigenvalue weighted by Crippen LogP contribution is 2.21. The molecular formula is C16H17N3O2. The van der Waals surface area contributed by atoms with Gasteiger partial charge in [0.25, 0.3) is 5.56 Å². The van der Waals surface area contributed by atoms with Crippen molar-refractivity contribution in [2.75, 3.05) is 13.1 Å². The molecule has 21 heavy (non-hydrogen) atoms. The lowest BCUT2D eigenvalue weighted by Crippen LogP contribution is -2.40. The predicted molar refractivity (Wildman–Crippen MR) is 81.1 cm³/mol. The molecule has 5 nitrogen and oxygen atoms in total. The number of hydrogen-bond acceptors (Lipinski definition) is 3. The highest BCUT2D eigenvalue weighted by Gasteiger charge is 2.23. The van der Waals surface area contributed by atoms with Gasteiger partial charge in [-0.1, -0.05) is 18.7 Å². The van der Waals surface area contributed by atoms with Gasteiger partial charge >= 0.3 is 0 Å². The van der Waals surface area contributed by atoms with E-state index in [9.17, 15) is 9.59 Å². The number of benzene rings is 1. The van der Waals surface area contributed by atoms with Gasteiger partial charge in [-0.3, -0.25) is 14.2 Å². The maximum Gasteiger partial charge on any atom is 0.261 e. The molecule has 0 aliphatic carbocycles. The minimum atomic E-state index is -0.0440. The highest BCUT2D eigenvalue weighted by atomic mass is 16.2. The van der Waals surface area contributed by atoms with E-state index in [1.165, 1.54) is 6.08 Å². The smallest absolute Gasteiger partial charge is 0.261 e. The van der Waals surface area contributed by atoms with Crippen LogP contribution in [0.2, 0.25) is 0 Å². The van der Waals surface area contributed by atoms with E-state index in [1.807, 2.05) is 18.2 Å². The summed E-state index contributed by atoms with van der Waals surface area (Å²) in [7, 11) is 0.